The molecule has 0 aliphatic rings. The molecule has 0 saturated carbocycles. The molecule has 2 heterocycles. The van der Waals surface area contributed by atoms with Gasteiger partial charge in [-0.05, 0) is 13.6 Å². The maximum atomic E-state index is 13.8. The van der Waals surface area contributed by atoms with Crippen LogP contribution in [0, 0.1) is 17.5 Å². The molecule has 0 atom stereocenters. The molecule has 0 aliphatic carbocycles. The predicted octanol–water partition coefficient (Wildman–Crippen LogP) is 6.39. The van der Waals surface area contributed by atoms with Gasteiger partial charge >= 0.3 is 0 Å². The second-order valence-electron chi connectivity index (χ2n) is 5.55. The zero-order valence-corrected chi connectivity index (χ0v) is 19.3. The fraction of sp³-hybridized carbons (Fsp3) is 0.200. The maximum Gasteiger partial charge on any atom is 0.278 e. The van der Waals surface area contributed by atoms with Gasteiger partial charge in [0.2, 0.25) is 5.88 Å². The standard InChI is InChI=1S/C15H9F4N3OS2.C3H4FNO.C2H6/c1-7(4-16)22-14(23)12-13(20-6-25-12)21-15(22)24-5-9-10(18)2-8(17)3-11(9)19;1-5-3(6)2-4;1-2/h2-4,6H,5H2,1H3;2,6H,1H2;1-2H3/b7-4-;3-2-;. The first-order valence-electron chi connectivity index (χ1n) is 9.09. The molecule has 3 rings (SSSR count). The number of halogens is 5. The van der Waals surface area contributed by atoms with Gasteiger partial charge in [-0.1, -0.05) is 25.6 Å². The van der Waals surface area contributed by atoms with Crippen LogP contribution in [-0.4, -0.2) is 26.4 Å². The van der Waals surface area contributed by atoms with E-state index in [0.717, 1.165) is 27.7 Å². The van der Waals surface area contributed by atoms with Gasteiger partial charge in [0, 0.05) is 23.4 Å². The van der Waals surface area contributed by atoms with E-state index < -0.39 is 28.9 Å². The molecule has 1 N–H and O–H groups in total. The summed E-state index contributed by atoms with van der Waals surface area (Å²) >= 11 is 1.88. The quantitative estimate of drug-likeness (QED) is 0.143. The van der Waals surface area contributed by atoms with Crippen molar-refractivity contribution in [2.24, 2.45) is 4.99 Å². The number of allylic oxidation sites excluding steroid dienone is 1. The van der Waals surface area contributed by atoms with Gasteiger partial charge < -0.3 is 5.11 Å². The third-order valence-corrected chi connectivity index (χ3v) is 5.33. The molecule has 0 aliphatic heterocycles. The number of rotatable bonds is 5. The highest BCUT2D eigenvalue weighted by Gasteiger charge is 2.18. The van der Waals surface area contributed by atoms with Crippen molar-refractivity contribution in [2.75, 3.05) is 0 Å². The van der Waals surface area contributed by atoms with E-state index >= 15 is 0 Å². The van der Waals surface area contributed by atoms with E-state index in [1.807, 2.05) is 13.8 Å². The summed E-state index contributed by atoms with van der Waals surface area (Å²) in [6.07, 6.45) is 0.200. The first-order chi connectivity index (χ1) is 15.7. The van der Waals surface area contributed by atoms with E-state index in [4.69, 9.17) is 5.11 Å². The number of aliphatic imine (C=N–C) groups is 1. The lowest BCUT2D eigenvalue weighted by atomic mass is 10.2. The zero-order chi connectivity index (χ0) is 25.1. The molecule has 2 aromatic heterocycles. The summed E-state index contributed by atoms with van der Waals surface area (Å²) in [6.45, 7) is 8.18. The summed E-state index contributed by atoms with van der Waals surface area (Å²) in [5.41, 5.74) is 0.663. The van der Waals surface area contributed by atoms with E-state index in [1.165, 1.54) is 12.4 Å². The minimum absolute atomic E-state index is 0.0259. The van der Waals surface area contributed by atoms with Crippen LogP contribution in [0.15, 0.2) is 51.1 Å². The zero-order valence-electron chi connectivity index (χ0n) is 17.7. The molecule has 0 radical (unpaired) electrons. The number of hydrogen-bond donors (Lipinski definition) is 1. The van der Waals surface area contributed by atoms with Gasteiger partial charge in [0.1, 0.15) is 34.8 Å². The molecule has 33 heavy (non-hydrogen) atoms. The number of thioether (sulfide) groups is 1. The molecule has 6 nitrogen and oxygen atoms in total. The van der Waals surface area contributed by atoms with Crippen LogP contribution in [0.2, 0.25) is 0 Å². The van der Waals surface area contributed by atoms with Gasteiger partial charge in [0.05, 0.1) is 11.2 Å². The number of fused-ring (bicyclic) bond motifs is 1. The van der Waals surface area contributed by atoms with Gasteiger partial charge in [0.25, 0.3) is 5.56 Å². The van der Waals surface area contributed by atoms with Crippen LogP contribution in [-0.2, 0) is 5.75 Å². The first kappa shape index (κ1) is 28.0. The SMILES string of the molecule is C/C(=C/F)n1c(SCc2c(F)cc(F)cc2F)nc2ncsc2c1=O.C=N/C(O)=C/F.CC. The van der Waals surface area contributed by atoms with E-state index in [2.05, 4.69) is 21.7 Å². The molecular weight excluding hydrogens is 487 g/mol. The Balaban J connectivity index is 0.000000593. The Morgan fingerprint density at radius 3 is 2.33 bits per heavy atom. The van der Waals surface area contributed by atoms with Gasteiger partial charge in [0.15, 0.2) is 10.8 Å². The highest BCUT2D eigenvalue weighted by atomic mass is 32.2. The fourth-order valence-electron chi connectivity index (χ4n) is 2.13. The highest BCUT2D eigenvalue weighted by Crippen LogP contribution is 2.27. The molecule has 0 amide bonds. The van der Waals surface area contributed by atoms with Crippen molar-refractivity contribution in [1.82, 2.24) is 14.5 Å². The molecular formula is C20H19F5N4O2S2. The van der Waals surface area contributed by atoms with Gasteiger partial charge in [-0.15, -0.1) is 11.3 Å². The number of thiazole rings is 1. The van der Waals surface area contributed by atoms with Crippen LogP contribution >= 0.6 is 23.1 Å². The lowest BCUT2D eigenvalue weighted by Gasteiger charge is -2.11. The first-order valence-corrected chi connectivity index (χ1v) is 11.0. The molecule has 178 valence electrons. The third kappa shape index (κ3) is 7.22. The van der Waals surface area contributed by atoms with Crippen LogP contribution in [0.3, 0.4) is 0 Å². The van der Waals surface area contributed by atoms with E-state index in [-0.39, 0.29) is 45.2 Å². The number of hydrogen-bond acceptors (Lipinski definition) is 7. The monoisotopic (exact) mass is 506 g/mol. The second-order valence-corrected chi connectivity index (χ2v) is 7.35. The number of nitrogens with zero attached hydrogens (tertiary/aromatic N) is 4. The number of aliphatic hydroxyl groups is 1. The number of benzene rings is 1. The Morgan fingerprint density at radius 2 is 1.85 bits per heavy atom. The Hall–Kier alpha value is -3.06. The minimum atomic E-state index is -1.05. The summed E-state index contributed by atoms with van der Waals surface area (Å²) in [4.78, 5) is 23.4. The topological polar surface area (TPSA) is 80.4 Å². The van der Waals surface area contributed by atoms with Crippen LogP contribution in [0.4, 0.5) is 22.0 Å². The highest BCUT2D eigenvalue weighted by molar-refractivity contribution is 7.98. The molecule has 0 spiro atoms. The fourth-order valence-corrected chi connectivity index (χ4v) is 3.84. The Labute approximate surface area is 193 Å². The Bertz CT molecular complexity index is 1200. The predicted molar refractivity (Wildman–Crippen MR) is 121 cm³/mol. The maximum absolute atomic E-state index is 13.8. The summed E-state index contributed by atoms with van der Waals surface area (Å²) in [7, 11) is 0. The lowest BCUT2D eigenvalue weighted by molar-refractivity contribution is 0.392. The van der Waals surface area contributed by atoms with Crippen molar-refractivity contribution < 1.29 is 27.1 Å². The Morgan fingerprint density at radius 1 is 1.24 bits per heavy atom. The van der Waals surface area contributed by atoms with Gasteiger partial charge in [-0.2, -0.15) is 0 Å². The summed E-state index contributed by atoms with van der Waals surface area (Å²) < 4.78 is 65.5. The third-order valence-electron chi connectivity index (χ3n) is 3.56. The van der Waals surface area contributed by atoms with Crippen molar-refractivity contribution in [3.63, 3.8) is 0 Å². The average molecular weight is 507 g/mol. The van der Waals surface area contributed by atoms with Crippen molar-refractivity contribution in [3.8, 4) is 0 Å². The van der Waals surface area contributed by atoms with Crippen molar-refractivity contribution in [2.45, 2.75) is 31.7 Å². The van der Waals surface area contributed by atoms with Crippen LogP contribution in [0.25, 0.3) is 16.0 Å². The Kier molecular flexibility index (Phi) is 11.4. The number of aliphatic hydroxyl groups excluding tert-OH is 1. The normalized spacial score (nSPS) is 11.4. The minimum Gasteiger partial charge on any atom is -0.492 e. The second kappa shape index (κ2) is 13.5. The molecule has 0 bridgehead atoms. The van der Waals surface area contributed by atoms with Crippen LogP contribution < -0.4 is 5.56 Å². The summed E-state index contributed by atoms with van der Waals surface area (Å²) in [5, 5.41) is 7.95. The van der Waals surface area contributed by atoms with Gasteiger partial charge in [-0.25, -0.2) is 36.9 Å². The van der Waals surface area contributed by atoms with Crippen molar-refractivity contribution >= 4 is 45.9 Å². The molecule has 3 aromatic rings. The van der Waals surface area contributed by atoms with E-state index in [9.17, 15) is 26.7 Å². The van der Waals surface area contributed by atoms with Crippen LogP contribution in [0.5, 0.6) is 0 Å². The van der Waals surface area contributed by atoms with E-state index in [0.29, 0.717) is 12.1 Å². The number of aromatic nitrogens is 3. The average Bonchev–Trinajstić information content (AvgIpc) is 3.28. The molecule has 13 heteroatoms. The van der Waals surface area contributed by atoms with Crippen molar-refractivity contribution in [1.29, 1.82) is 0 Å². The van der Waals surface area contributed by atoms with Crippen LogP contribution in [0.1, 0.15) is 26.3 Å². The van der Waals surface area contributed by atoms with Crippen molar-refractivity contribution in [3.05, 3.63) is 69.6 Å². The largest absolute Gasteiger partial charge is 0.492 e. The molecule has 0 fully saturated rings. The molecule has 0 saturated heterocycles. The molecule has 1 aromatic carbocycles. The lowest BCUT2D eigenvalue weighted by Crippen LogP contribution is -2.21. The summed E-state index contributed by atoms with van der Waals surface area (Å²) in [6, 6.07) is 1.13. The van der Waals surface area contributed by atoms with Gasteiger partial charge in [-0.3, -0.25) is 9.36 Å². The van der Waals surface area contributed by atoms with E-state index in [1.54, 1.807) is 0 Å². The summed E-state index contributed by atoms with van der Waals surface area (Å²) in [5.74, 6) is -4.08. The smallest absolute Gasteiger partial charge is 0.278 e. The molecule has 0 unspecified atom stereocenters.